The second-order valence-electron chi connectivity index (χ2n) is 2.62. The molecule has 0 aromatic carbocycles. The van der Waals surface area contributed by atoms with Gasteiger partial charge >= 0.3 is 6.18 Å². The second-order valence-corrected chi connectivity index (χ2v) is 2.62. The van der Waals surface area contributed by atoms with Crippen LogP contribution in [0.2, 0.25) is 0 Å². The van der Waals surface area contributed by atoms with E-state index in [4.69, 9.17) is 0 Å². The number of nitrogens with zero attached hydrogens (tertiary/aromatic N) is 1. The third kappa shape index (κ3) is 9.02. The van der Waals surface area contributed by atoms with E-state index in [9.17, 15) is 13.2 Å². The Bertz CT molecular complexity index is 294. The lowest BCUT2D eigenvalue weighted by atomic mass is 10.2. The molecule has 0 fully saturated rings. The summed E-state index contributed by atoms with van der Waals surface area (Å²) in [4.78, 5) is 3.42. The van der Waals surface area contributed by atoms with Crippen LogP contribution < -0.4 is 0 Å². The molecule has 1 aromatic heterocycles. The van der Waals surface area contributed by atoms with Crippen molar-refractivity contribution >= 4 is 0 Å². The number of halogens is 3. The van der Waals surface area contributed by atoms with Crippen LogP contribution in [0.5, 0.6) is 0 Å². The monoisotopic (exact) mass is 265 g/mol. The summed E-state index contributed by atoms with van der Waals surface area (Å²) in [5, 5.41) is 0. The molecule has 0 atom stereocenters. The molecule has 0 radical (unpaired) electrons. The van der Waals surface area contributed by atoms with E-state index in [1.165, 1.54) is 19.9 Å². The zero-order valence-corrected chi connectivity index (χ0v) is 12.7. The summed E-state index contributed by atoms with van der Waals surface area (Å²) in [6, 6.07) is 2.98. The van der Waals surface area contributed by atoms with Crippen molar-refractivity contribution in [3.63, 3.8) is 0 Å². The number of hydrogen-bond acceptors (Lipinski definition) is 1. The molecule has 0 amide bonds. The fourth-order valence-corrected chi connectivity index (χ4v) is 0.913. The summed E-state index contributed by atoms with van der Waals surface area (Å²) >= 11 is 0. The first kappa shape index (κ1) is 22.1. The number of aryl methyl sites for hydroxylation is 2. The highest BCUT2D eigenvalue weighted by atomic mass is 19.4. The van der Waals surface area contributed by atoms with Gasteiger partial charge in [0.2, 0.25) is 0 Å². The quantitative estimate of drug-likeness (QED) is 0.578. The van der Waals surface area contributed by atoms with E-state index >= 15 is 0 Å². The molecular weight excluding hydrogens is 239 g/mol. The third-order valence-corrected chi connectivity index (χ3v) is 1.50. The van der Waals surface area contributed by atoms with Crippen molar-refractivity contribution in [1.82, 2.24) is 4.98 Å². The van der Waals surface area contributed by atoms with Gasteiger partial charge in [0, 0.05) is 5.69 Å². The van der Waals surface area contributed by atoms with Crippen molar-refractivity contribution in [3.05, 3.63) is 29.1 Å². The fourth-order valence-electron chi connectivity index (χ4n) is 0.913. The molecular formula is C14H26F3N. The first-order chi connectivity index (χ1) is 8.41. The molecule has 0 bridgehead atoms. The van der Waals surface area contributed by atoms with Crippen molar-refractivity contribution in [1.29, 1.82) is 0 Å². The van der Waals surface area contributed by atoms with Gasteiger partial charge in [-0.05, 0) is 25.5 Å². The summed E-state index contributed by atoms with van der Waals surface area (Å²) in [6.07, 6.45) is -4.34. The number of pyridine rings is 1. The number of aromatic nitrogens is 1. The predicted octanol–water partition coefficient (Wildman–Crippen LogP) is 5.80. The van der Waals surface area contributed by atoms with Gasteiger partial charge in [-0.2, -0.15) is 13.2 Å². The standard InChI is InChI=1S/C8H8F3N.3C2H6/c1-5-3-4-6(2)12-7(5)8(9,10)11;3*1-2/h3-4H,1-2H3;3*1-2H3. The highest BCUT2D eigenvalue weighted by Gasteiger charge is 2.34. The van der Waals surface area contributed by atoms with Crippen molar-refractivity contribution in [2.24, 2.45) is 0 Å². The molecule has 18 heavy (non-hydrogen) atoms. The summed E-state index contributed by atoms with van der Waals surface area (Å²) in [7, 11) is 0. The van der Waals surface area contributed by atoms with Gasteiger partial charge in [0.1, 0.15) is 5.69 Å². The topological polar surface area (TPSA) is 12.9 Å². The number of hydrogen-bond donors (Lipinski definition) is 0. The minimum absolute atomic E-state index is 0.160. The molecule has 108 valence electrons. The van der Waals surface area contributed by atoms with E-state index in [1.54, 1.807) is 6.07 Å². The third-order valence-electron chi connectivity index (χ3n) is 1.50. The molecule has 0 aliphatic heterocycles. The maximum atomic E-state index is 12.2. The second kappa shape index (κ2) is 12.4. The average Bonchev–Trinajstić information content (AvgIpc) is 2.38. The Labute approximate surface area is 109 Å². The van der Waals surface area contributed by atoms with Crippen LogP contribution in [0.4, 0.5) is 13.2 Å². The first-order valence-corrected chi connectivity index (χ1v) is 6.42. The van der Waals surface area contributed by atoms with Gasteiger partial charge in [-0.3, -0.25) is 0 Å². The van der Waals surface area contributed by atoms with Crippen molar-refractivity contribution in [3.8, 4) is 0 Å². The van der Waals surface area contributed by atoms with Crippen LogP contribution in [0.3, 0.4) is 0 Å². The molecule has 0 N–H and O–H groups in total. The Kier molecular flexibility index (Phi) is 15.3. The maximum Gasteiger partial charge on any atom is 0.433 e. The van der Waals surface area contributed by atoms with Crippen LogP contribution in [-0.2, 0) is 6.18 Å². The van der Waals surface area contributed by atoms with Gasteiger partial charge in [0.05, 0.1) is 0 Å². The SMILES string of the molecule is CC.CC.CC.Cc1ccc(C)c(C(F)(F)F)n1. The lowest BCUT2D eigenvalue weighted by Crippen LogP contribution is -2.10. The Morgan fingerprint density at radius 3 is 1.50 bits per heavy atom. The summed E-state index contributed by atoms with van der Waals surface area (Å²) < 4.78 is 36.5. The molecule has 0 spiro atoms. The molecule has 1 nitrogen and oxygen atoms in total. The summed E-state index contributed by atoms with van der Waals surface area (Å²) in [6.45, 7) is 14.9. The van der Waals surface area contributed by atoms with Crippen LogP contribution >= 0.6 is 0 Å². The number of alkyl halides is 3. The van der Waals surface area contributed by atoms with Crippen LogP contribution in [-0.4, -0.2) is 4.98 Å². The molecule has 0 unspecified atom stereocenters. The molecule has 1 rings (SSSR count). The number of rotatable bonds is 0. The molecule has 0 saturated carbocycles. The molecule has 1 aromatic rings. The highest BCUT2D eigenvalue weighted by molar-refractivity contribution is 5.23. The first-order valence-electron chi connectivity index (χ1n) is 6.42. The molecule has 4 heteroatoms. The van der Waals surface area contributed by atoms with E-state index in [1.807, 2.05) is 41.5 Å². The Morgan fingerprint density at radius 1 is 0.833 bits per heavy atom. The molecule has 1 heterocycles. The normalized spacial score (nSPS) is 8.83. The van der Waals surface area contributed by atoms with Crippen LogP contribution in [0.1, 0.15) is 58.5 Å². The summed E-state index contributed by atoms with van der Waals surface area (Å²) in [5.74, 6) is 0. The molecule has 0 aliphatic rings. The zero-order chi connectivity index (χ0) is 15.4. The van der Waals surface area contributed by atoms with Crippen molar-refractivity contribution in [2.45, 2.75) is 61.6 Å². The van der Waals surface area contributed by atoms with Crippen molar-refractivity contribution in [2.75, 3.05) is 0 Å². The van der Waals surface area contributed by atoms with Crippen molar-refractivity contribution < 1.29 is 13.2 Å². The predicted molar refractivity (Wildman–Crippen MR) is 72.8 cm³/mol. The minimum atomic E-state index is -4.34. The highest BCUT2D eigenvalue weighted by Crippen LogP contribution is 2.29. The molecule has 0 saturated heterocycles. The van der Waals surface area contributed by atoms with Gasteiger partial charge in [-0.15, -0.1) is 0 Å². The van der Waals surface area contributed by atoms with Gasteiger partial charge in [-0.1, -0.05) is 47.6 Å². The van der Waals surface area contributed by atoms with Gasteiger partial charge in [0.25, 0.3) is 0 Å². The lowest BCUT2D eigenvalue weighted by Gasteiger charge is -2.08. The zero-order valence-electron chi connectivity index (χ0n) is 12.7. The van der Waals surface area contributed by atoms with E-state index < -0.39 is 11.9 Å². The Balaban J connectivity index is -0.000000328. The maximum absolute atomic E-state index is 12.2. The fraction of sp³-hybridized carbons (Fsp3) is 0.643. The smallest absolute Gasteiger partial charge is 0.248 e. The van der Waals surface area contributed by atoms with E-state index in [2.05, 4.69) is 4.98 Å². The van der Waals surface area contributed by atoms with E-state index in [0.717, 1.165) is 0 Å². The Morgan fingerprint density at radius 2 is 1.22 bits per heavy atom. The van der Waals surface area contributed by atoms with Gasteiger partial charge < -0.3 is 0 Å². The van der Waals surface area contributed by atoms with Gasteiger partial charge in [-0.25, -0.2) is 4.98 Å². The molecule has 0 aliphatic carbocycles. The minimum Gasteiger partial charge on any atom is -0.248 e. The average molecular weight is 265 g/mol. The Hall–Kier alpha value is -1.06. The van der Waals surface area contributed by atoms with E-state index in [0.29, 0.717) is 5.69 Å². The lowest BCUT2D eigenvalue weighted by molar-refractivity contribution is -0.141. The largest absolute Gasteiger partial charge is 0.433 e. The summed E-state index contributed by atoms with van der Waals surface area (Å²) in [5.41, 5.74) is -0.247. The van der Waals surface area contributed by atoms with Crippen LogP contribution in [0.15, 0.2) is 12.1 Å². The van der Waals surface area contributed by atoms with Gasteiger partial charge in [0.15, 0.2) is 0 Å². The van der Waals surface area contributed by atoms with Crippen LogP contribution in [0.25, 0.3) is 0 Å². The van der Waals surface area contributed by atoms with Crippen LogP contribution in [0, 0.1) is 13.8 Å². The van der Waals surface area contributed by atoms with E-state index in [-0.39, 0.29) is 5.56 Å².